The maximum absolute atomic E-state index is 12.6. The number of nitrogens with zero attached hydrogens (tertiary/aromatic N) is 6. The predicted molar refractivity (Wildman–Crippen MR) is 145 cm³/mol. The van der Waals surface area contributed by atoms with Crippen LogP contribution >= 0.6 is 0 Å². The molecule has 0 atom stereocenters. The minimum Gasteiger partial charge on any atom is -0.461 e. The van der Waals surface area contributed by atoms with Gasteiger partial charge in [-0.2, -0.15) is 4.98 Å². The number of anilines is 4. The van der Waals surface area contributed by atoms with E-state index in [1.54, 1.807) is 42.7 Å². The second-order valence-electron chi connectivity index (χ2n) is 8.75. The normalized spacial score (nSPS) is 13.6. The Morgan fingerprint density at radius 2 is 1.74 bits per heavy atom. The first kappa shape index (κ1) is 25.2. The number of nitrogens with one attached hydrogen (secondary N) is 3. The zero-order valence-corrected chi connectivity index (χ0v) is 21.1. The SMILES string of the molecule is Cc1cccc(-c2nccc(Nc3ccnc(Nc4cccc(C(=O)OCCN5CCNCC5)c4)n3)n2)n1. The van der Waals surface area contributed by atoms with Crippen LogP contribution in [0.4, 0.5) is 23.3 Å². The third-order valence-electron chi connectivity index (χ3n) is 5.89. The molecule has 3 aromatic heterocycles. The van der Waals surface area contributed by atoms with Gasteiger partial charge in [0.2, 0.25) is 5.95 Å². The van der Waals surface area contributed by atoms with Crippen LogP contribution in [0.2, 0.25) is 0 Å². The molecule has 1 aliphatic rings. The second-order valence-corrected chi connectivity index (χ2v) is 8.75. The highest BCUT2D eigenvalue weighted by Gasteiger charge is 2.12. The summed E-state index contributed by atoms with van der Waals surface area (Å²) in [5.41, 5.74) is 2.72. The van der Waals surface area contributed by atoms with Crippen molar-refractivity contribution in [2.24, 2.45) is 0 Å². The molecule has 0 saturated carbocycles. The molecule has 0 bridgehead atoms. The van der Waals surface area contributed by atoms with Crippen LogP contribution in [-0.2, 0) is 4.74 Å². The van der Waals surface area contributed by atoms with Crippen LogP contribution in [0.1, 0.15) is 16.1 Å². The molecule has 11 nitrogen and oxygen atoms in total. The van der Waals surface area contributed by atoms with Gasteiger partial charge in [-0.15, -0.1) is 0 Å². The van der Waals surface area contributed by atoms with Crippen LogP contribution in [0.25, 0.3) is 11.5 Å². The number of piperazine rings is 1. The average molecular weight is 512 g/mol. The lowest BCUT2D eigenvalue weighted by Gasteiger charge is -2.26. The zero-order valence-electron chi connectivity index (χ0n) is 21.1. The van der Waals surface area contributed by atoms with E-state index in [0.717, 1.165) is 38.4 Å². The monoisotopic (exact) mass is 511 g/mol. The van der Waals surface area contributed by atoms with E-state index in [0.29, 0.717) is 47.0 Å². The summed E-state index contributed by atoms with van der Waals surface area (Å²) < 4.78 is 5.48. The smallest absolute Gasteiger partial charge is 0.338 e. The van der Waals surface area contributed by atoms with E-state index in [9.17, 15) is 4.79 Å². The van der Waals surface area contributed by atoms with Crippen molar-refractivity contribution in [3.63, 3.8) is 0 Å². The highest BCUT2D eigenvalue weighted by Crippen LogP contribution is 2.20. The Morgan fingerprint density at radius 1 is 0.947 bits per heavy atom. The van der Waals surface area contributed by atoms with E-state index in [4.69, 9.17) is 4.74 Å². The summed E-state index contributed by atoms with van der Waals surface area (Å²) in [6, 6.07) is 16.3. The summed E-state index contributed by atoms with van der Waals surface area (Å²) in [4.78, 5) is 37.0. The number of aromatic nitrogens is 5. The largest absolute Gasteiger partial charge is 0.461 e. The lowest BCUT2D eigenvalue weighted by Crippen LogP contribution is -2.44. The van der Waals surface area contributed by atoms with E-state index in [1.807, 2.05) is 31.2 Å². The molecule has 1 aliphatic heterocycles. The number of hydrogen-bond donors (Lipinski definition) is 3. The predicted octanol–water partition coefficient (Wildman–Crippen LogP) is 3.19. The quantitative estimate of drug-likeness (QED) is 0.286. The third-order valence-corrected chi connectivity index (χ3v) is 5.89. The molecule has 0 amide bonds. The van der Waals surface area contributed by atoms with Crippen molar-refractivity contribution in [2.75, 3.05) is 50.0 Å². The Bertz CT molecular complexity index is 1390. The van der Waals surface area contributed by atoms with Gasteiger partial charge >= 0.3 is 5.97 Å². The van der Waals surface area contributed by atoms with Gasteiger partial charge in [0.25, 0.3) is 0 Å². The molecule has 38 heavy (non-hydrogen) atoms. The Kier molecular flexibility index (Phi) is 8.07. The van der Waals surface area contributed by atoms with E-state index in [1.165, 1.54) is 0 Å². The van der Waals surface area contributed by atoms with Gasteiger partial charge in [0.1, 0.15) is 23.9 Å². The van der Waals surface area contributed by atoms with Gasteiger partial charge < -0.3 is 20.7 Å². The Labute approximate surface area is 220 Å². The minimum atomic E-state index is -0.359. The summed E-state index contributed by atoms with van der Waals surface area (Å²) >= 11 is 0. The molecular weight excluding hydrogens is 482 g/mol. The molecule has 1 saturated heterocycles. The van der Waals surface area contributed by atoms with Gasteiger partial charge in [-0.3, -0.25) is 4.90 Å². The average Bonchev–Trinajstić information content (AvgIpc) is 2.94. The minimum absolute atomic E-state index is 0.359. The Balaban J connectivity index is 1.20. The summed E-state index contributed by atoms with van der Waals surface area (Å²) in [6.07, 6.45) is 3.31. The molecule has 0 aliphatic carbocycles. The summed E-state index contributed by atoms with van der Waals surface area (Å²) in [7, 11) is 0. The van der Waals surface area contributed by atoms with E-state index in [-0.39, 0.29) is 5.97 Å². The second kappa shape index (κ2) is 12.2. The Hall–Kier alpha value is -4.48. The maximum Gasteiger partial charge on any atom is 0.338 e. The van der Waals surface area contributed by atoms with Crippen molar-refractivity contribution in [1.29, 1.82) is 0 Å². The maximum atomic E-state index is 12.6. The number of carbonyl (C=O) groups is 1. The van der Waals surface area contributed by atoms with E-state index < -0.39 is 0 Å². The summed E-state index contributed by atoms with van der Waals surface area (Å²) in [5, 5.41) is 9.64. The third kappa shape index (κ3) is 6.84. The lowest BCUT2D eigenvalue weighted by molar-refractivity contribution is 0.0456. The van der Waals surface area contributed by atoms with E-state index in [2.05, 4.69) is 45.8 Å². The summed E-state index contributed by atoms with van der Waals surface area (Å²) in [6.45, 7) is 6.87. The van der Waals surface area contributed by atoms with Crippen LogP contribution in [-0.4, -0.2) is 75.1 Å². The number of aryl methyl sites for hydroxylation is 1. The van der Waals surface area contributed by atoms with Crippen molar-refractivity contribution < 1.29 is 9.53 Å². The van der Waals surface area contributed by atoms with Crippen molar-refractivity contribution in [3.05, 3.63) is 78.2 Å². The Morgan fingerprint density at radius 3 is 2.58 bits per heavy atom. The lowest BCUT2D eigenvalue weighted by atomic mass is 10.2. The molecule has 1 fully saturated rings. The molecule has 0 spiro atoms. The van der Waals surface area contributed by atoms with Gasteiger partial charge in [0.15, 0.2) is 5.82 Å². The number of pyridine rings is 1. The van der Waals surface area contributed by atoms with Crippen LogP contribution in [0.15, 0.2) is 67.0 Å². The number of esters is 1. The highest BCUT2D eigenvalue weighted by atomic mass is 16.5. The van der Waals surface area contributed by atoms with Gasteiger partial charge in [-0.25, -0.2) is 24.7 Å². The van der Waals surface area contributed by atoms with Gasteiger partial charge in [0.05, 0.1) is 5.56 Å². The van der Waals surface area contributed by atoms with Crippen molar-refractivity contribution in [3.8, 4) is 11.5 Å². The number of ether oxygens (including phenoxy) is 1. The first-order valence-electron chi connectivity index (χ1n) is 12.5. The van der Waals surface area contributed by atoms with Crippen molar-refractivity contribution >= 4 is 29.2 Å². The fourth-order valence-electron chi connectivity index (χ4n) is 3.98. The van der Waals surface area contributed by atoms with Crippen molar-refractivity contribution in [2.45, 2.75) is 6.92 Å². The number of benzene rings is 1. The fourth-order valence-corrected chi connectivity index (χ4v) is 3.98. The number of hydrogen-bond acceptors (Lipinski definition) is 11. The first-order chi connectivity index (χ1) is 18.6. The molecule has 0 unspecified atom stereocenters. The fraction of sp³-hybridized carbons (Fsp3) is 0.259. The van der Waals surface area contributed by atoms with Crippen LogP contribution < -0.4 is 16.0 Å². The van der Waals surface area contributed by atoms with Gasteiger partial charge in [0, 0.05) is 56.5 Å². The molecule has 5 rings (SSSR count). The number of rotatable bonds is 9. The molecule has 0 radical (unpaired) electrons. The van der Waals surface area contributed by atoms with E-state index >= 15 is 0 Å². The zero-order chi connectivity index (χ0) is 26.2. The van der Waals surface area contributed by atoms with Crippen LogP contribution in [0, 0.1) is 6.92 Å². The molecule has 194 valence electrons. The van der Waals surface area contributed by atoms with Crippen LogP contribution in [0.3, 0.4) is 0 Å². The van der Waals surface area contributed by atoms with Gasteiger partial charge in [-0.1, -0.05) is 12.1 Å². The summed E-state index contributed by atoms with van der Waals surface area (Å²) in [5.74, 6) is 1.65. The standard InChI is InChI=1S/C27H29N9O2/c1-19-4-2-7-22(31-19)25-29-10-8-23(34-25)33-24-9-11-30-27(35-24)32-21-6-3-5-20(18-21)26(37)38-17-16-36-14-12-28-13-15-36/h2-11,18,28H,12-17H2,1H3,(H2,29,30,32,33,34,35). The van der Waals surface area contributed by atoms with Gasteiger partial charge in [-0.05, 0) is 49.4 Å². The first-order valence-corrected chi connectivity index (χ1v) is 12.5. The molecule has 4 aromatic rings. The molecule has 1 aromatic carbocycles. The number of carbonyl (C=O) groups excluding carboxylic acids is 1. The highest BCUT2D eigenvalue weighted by molar-refractivity contribution is 5.90. The van der Waals surface area contributed by atoms with Crippen molar-refractivity contribution in [1.82, 2.24) is 35.1 Å². The molecular formula is C27H29N9O2. The topological polar surface area (TPSA) is 130 Å². The van der Waals surface area contributed by atoms with Crippen LogP contribution in [0.5, 0.6) is 0 Å². The molecule has 4 heterocycles. The molecule has 11 heteroatoms. The molecule has 3 N–H and O–H groups in total.